The van der Waals surface area contributed by atoms with Crippen molar-refractivity contribution in [3.8, 4) is 0 Å². The van der Waals surface area contributed by atoms with Crippen LogP contribution in [0, 0.1) is 12.8 Å². The Morgan fingerprint density at radius 3 is 2.20 bits per heavy atom. The van der Waals surface area contributed by atoms with Gasteiger partial charge in [0.15, 0.2) is 4.08 Å². The van der Waals surface area contributed by atoms with Gasteiger partial charge in [-0.05, 0) is 24.8 Å². The zero-order valence-corrected chi connectivity index (χ0v) is 14.0. The molecule has 114 valence electrons. The van der Waals surface area contributed by atoms with Gasteiger partial charge < -0.3 is 0 Å². The number of benzene rings is 1. The maximum Gasteiger partial charge on any atom is 0.284 e. The third-order valence-electron chi connectivity index (χ3n) is 3.81. The van der Waals surface area contributed by atoms with Crippen LogP contribution in [0.4, 0.5) is 0 Å². The number of rotatable bonds is 7. The Bertz CT molecular complexity index is 523. The Labute approximate surface area is 127 Å². The standard InChI is InChI=1S/C15H24O3S2/c1-4-6-7-13(5-2)15(19,20(16,17)18)14-10-8-12(3)9-11-14/h8-11,13,19H,4-7H2,1-3H3,(H,16,17,18). The van der Waals surface area contributed by atoms with Crippen molar-refractivity contribution in [1.29, 1.82) is 0 Å². The second-order valence-corrected chi connectivity index (χ2v) is 7.89. The van der Waals surface area contributed by atoms with Gasteiger partial charge in [0, 0.05) is 0 Å². The molecule has 0 saturated heterocycles. The summed E-state index contributed by atoms with van der Waals surface area (Å²) in [6, 6.07) is 7.17. The highest BCUT2D eigenvalue weighted by atomic mass is 32.3. The molecule has 3 nitrogen and oxygen atoms in total. The van der Waals surface area contributed by atoms with Crippen LogP contribution in [0.25, 0.3) is 0 Å². The molecule has 0 aliphatic carbocycles. The van der Waals surface area contributed by atoms with Crippen molar-refractivity contribution in [3.63, 3.8) is 0 Å². The smallest absolute Gasteiger partial charge is 0.284 e. The van der Waals surface area contributed by atoms with E-state index in [1.807, 2.05) is 26.0 Å². The fourth-order valence-electron chi connectivity index (χ4n) is 2.51. The summed E-state index contributed by atoms with van der Waals surface area (Å²) in [6.07, 6.45) is 3.28. The maximum absolute atomic E-state index is 12.0. The summed E-state index contributed by atoms with van der Waals surface area (Å²) in [5.41, 5.74) is 1.58. The summed E-state index contributed by atoms with van der Waals surface area (Å²) in [5, 5.41) is 0. The van der Waals surface area contributed by atoms with Crippen LogP contribution in [0.15, 0.2) is 24.3 Å². The largest absolute Gasteiger partial charge is 0.284 e. The molecule has 0 aromatic heterocycles. The zero-order valence-electron chi connectivity index (χ0n) is 12.3. The van der Waals surface area contributed by atoms with E-state index in [0.717, 1.165) is 24.8 Å². The second-order valence-electron chi connectivity index (χ2n) is 5.28. The van der Waals surface area contributed by atoms with Crippen molar-refractivity contribution >= 4 is 22.7 Å². The Balaban J connectivity index is 3.32. The Kier molecular flexibility index (Phi) is 6.10. The average Bonchev–Trinajstić information content (AvgIpc) is 2.38. The molecule has 2 unspecified atom stereocenters. The number of aryl methyl sites for hydroxylation is 1. The molecule has 0 fully saturated rings. The van der Waals surface area contributed by atoms with Gasteiger partial charge in [0.25, 0.3) is 10.1 Å². The first kappa shape index (κ1) is 17.5. The summed E-state index contributed by atoms with van der Waals surface area (Å²) >= 11 is 4.43. The van der Waals surface area contributed by atoms with E-state index in [9.17, 15) is 13.0 Å². The Hall–Kier alpha value is -0.520. The monoisotopic (exact) mass is 316 g/mol. The fraction of sp³-hybridized carbons (Fsp3) is 0.600. The lowest BCUT2D eigenvalue weighted by atomic mass is 9.90. The van der Waals surface area contributed by atoms with Gasteiger partial charge in [-0.3, -0.25) is 4.55 Å². The van der Waals surface area contributed by atoms with Gasteiger partial charge in [-0.1, -0.05) is 62.9 Å². The van der Waals surface area contributed by atoms with Crippen molar-refractivity contribution in [2.75, 3.05) is 0 Å². The van der Waals surface area contributed by atoms with Crippen molar-refractivity contribution in [3.05, 3.63) is 35.4 Å². The topological polar surface area (TPSA) is 54.4 Å². The SMILES string of the molecule is CCCCC(CC)C(S)(c1ccc(C)cc1)S(=O)(=O)O. The van der Waals surface area contributed by atoms with Crippen LogP contribution in [-0.4, -0.2) is 13.0 Å². The molecule has 0 aliphatic rings. The number of hydrogen-bond donors (Lipinski definition) is 2. The van der Waals surface area contributed by atoms with Gasteiger partial charge in [-0.2, -0.15) is 8.42 Å². The normalized spacial score (nSPS) is 16.6. The van der Waals surface area contributed by atoms with Crippen molar-refractivity contribution in [2.24, 2.45) is 5.92 Å². The molecule has 0 bridgehead atoms. The number of thiol groups is 1. The van der Waals surface area contributed by atoms with Crippen LogP contribution >= 0.6 is 12.6 Å². The van der Waals surface area contributed by atoms with Crippen LogP contribution in [0.2, 0.25) is 0 Å². The predicted molar refractivity (Wildman–Crippen MR) is 86.7 cm³/mol. The number of hydrogen-bond acceptors (Lipinski definition) is 3. The van der Waals surface area contributed by atoms with E-state index in [-0.39, 0.29) is 5.92 Å². The highest BCUT2D eigenvalue weighted by Gasteiger charge is 2.47. The number of unbranched alkanes of at least 4 members (excludes halogenated alkanes) is 1. The predicted octanol–water partition coefficient (Wildman–Crippen LogP) is 4.18. The third-order valence-corrected chi connectivity index (χ3v) is 6.48. The van der Waals surface area contributed by atoms with Crippen LogP contribution in [-0.2, 0) is 14.2 Å². The van der Waals surface area contributed by atoms with Crippen LogP contribution in [0.3, 0.4) is 0 Å². The highest BCUT2D eigenvalue weighted by molar-refractivity contribution is 8.02. The molecule has 1 aromatic carbocycles. The molecule has 0 heterocycles. The molecule has 1 aromatic rings. The maximum atomic E-state index is 12.0. The molecular weight excluding hydrogens is 292 g/mol. The van der Waals surface area contributed by atoms with E-state index >= 15 is 0 Å². The quantitative estimate of drug-likeness (QED) is 0.586. The fourth-order valence-corrected chi connectivity index (χ4v) is 4.12. The van der Waals surface area contributed by atoms with E-state index in [4.69, 9.17) is 0 Å². The van der Waals surface area contributed by atoms with Crippen LogP contribution in [0.1, 0.15) is 50.7 Å². The van der Waals surface area contributed by atoms with Crippen LogP contribution in [0.5, 0.6) is 0 Å². The highest BCUT2D eigenvalue weighted by Crippen LogP contribution is 2.45. The first-order valence-corrected chi connectivity index (χ1v) is 8.92. The molecule has 0 amide bonds. The van der Waals surface area contributed by atoms with E-state index in [1.54, 1.807) is 12.1 Å². The molecule has 20 heavy (non-hydrogen) atoms. The zero-order chi connectivity index (χ0) is 15.4. The van der Waals surface area contributed by atoms with Crippen molar-refractivity contribution in [2.45, 2.75) is 50.5 Å². The van der Waals surface area contributed by atoms with E-state index < -0.39 is 14.2 Å². The molecule has 5 heteroatoms. The average molecular weight is 316 g/mol. The summed E-state index contributed by atoms with van der Waals surface area (Å²) in [7, 11) is -4.31. The summed E-state index contributed by atoms with van der Waals surface area (Å²) in [5.74, 6) is -0.219. The van der Waals surface area contributed by atoms with Gasteiger partial charge in [-0.25, -0.2) is 0 Å². The Morgan fingerprint density at radius 2 is 1.80 bits per heavy atom. The summed E-state index contributed by atoms with van der Waals surface area (Å²) < 4.78 is 32.2. The molecule has 2 atom stereocenters. The van der Waals surface area contributed by atoms with E-state index in [1.165, 1.54) is 0 Å². The first-order valence-electron chi connectivity index (χ1n) is 7.03. The molecule has 0 aliphatic heterocycles. The molecule has 1 N–H and O–H groups in total. The lowest BCUT2D eigenvalue weighted by molar-refractivity contribution is 0.370. The van der Waals surface area contributed by atoms with Gasteiger partial charge in [0.1, 0.15) is 0 Å². The van der Waals surface area contributed by atoms with Crippen LogP contribution < -0.4 is 0 Å². The minimum Gasteiger partial charge on any atom is -0.284 e. The summed E-state index contributed by atoms with van der Waals surface area (Å²) in [6.45, 7) is 5.93. The van der Waals surface area contributed by atoms with Gasteiger partial charge in [0.05, 0.1) is 0 Å². The molecule has 0 radical (unpaired) electrons. The molecule has 1 rings (SSSR count). The van der Waals surface area contributed by atoms with Gasteiger partial charge in [-0.15, -0.1) is 12.6 Å². The first-order chi connectivity index (χ1) is 9.27. The lowest BCUT2D eigenvalue weighted by Gasteiger charge is -2.34. The Morgan fingerprint density at radius 1 is 1.25 bits per heavy atom. The molecular formula is C15H24O3S2. The molecule has 0 spiro atoms. The van der Waals surface area contributed by atoms with Gasteiger partial charge in [0.2, 0.25) is 0 Å². The van der Waals surface area contributed by atoms with E-state index in [2.05, 4.69) is 19.6 Å². The van der Waals surface area contributed by atoms with Crippen molar-refractivity contribution < 1.29 is 13.0 Å². The second kappa shape index (κ2) is 6.96. The third kappa shape index (κ3) is 3.57. The minimum absolute atomic E-state index is 0.219. The molecule has 0 saturated carbocycles. The lowest BCUT2D eigenvalue weighted by Crippen LogP contribution is -2.37. The van der Waals surface area contributed by atoms with Crippen molar-refractivity contribution in [1.82, 2.24) is 0 Å². The minimum atomic E-state index is -4.31. The van der Waals surface area contributed by atoms with E-state index in [0.29, 0.717) is 12.0 Å². The summed E-state index contributed by atoms with van der Waals surface area (Å²) in [4.78, 5) is 0. The van der Waals surface area contributed by atoms with Gasteiger partial charge >= 0.3 is 0 Å².